The number of alkyl carbamates (subject to hydrolysis) is 2. The number of amides is 2. The number of alkyl halides is 3. The van der Waals surface area contributed by atoms with Gasteiger partial charge in [-0.25, -0.2) is 19.2 Å². The lowest BCUT2D eigenvalue weighted by Gasteiger charge is -2.26. The smallest absolute Gasteiger partial charge is 0.408 e. The van der Waals surface area contributed by atoms with Gasteiger partial charge in [-0.2, -0.15) is 0 Å². The van der Waals surface area contributed by atoms with E-state index in [1.54, 1.807) is 41.5 Å². The fraction of sp³-hybridized carbons (Fsp3) is 0.613. The largest absolute Gasteiger partial charge is 0.460 e. The van der Waals surface area contributed by atoms with Crippen molar-refractivity contribution in [3.8, 4) is 0 Å². The molecule has 2 rings (SSSR count). The molecule has 0 unspecified atom stereocenters. The van der Waals surface area contributed by atoms with Crippen LogP contribution in [0.1, 0.15) is 47.1 Å². The summed E-state index contributed by atoms with van der Waals surface area (Å²) >= 11 is 18.7. The molecule has 1 aromatic carbocycles. The molecule has 1 heterocycles. The molecule has 0 fully saturated rings. The highest BCUT2D eigenvalue weighted by atomic mass is 35.6. The maximum Gasteiger partial charge on any atom is 0.408 e. The number of H-pyrrole nitrogens is 1. The predicted molar refractivity (Wildman–Crippen MR) is 189 cm³/mol. The highest BCUT2D eigenvalue weighted by Crippen LogP contribution is 2.32. The lowest BCUT2D eigenvalue weighted by molar-refractivity contribution is -0.156. The molecule has 2 atom stereocenters. The van der Waals surface area contributed by atoms with Crippen LogP contribution in [-0.2, 0) is 35.0 Å². The number of aromatic amines is 1. The van der Waals surface area contributed by atoms with Crippen LogP contribution in [0.25, 0.3) is 10.9 Å². The van der Waals surface area contributed by atoms with Crippen LogP contribution in [0.5, 0.6) is 0 Å². The minimum atomic E-state index is -1.86. The molecule has 264 valence electrons. The average Bonchev–Trinajstić information content (AvgIpc) is 3.23. The summed E-state index contributed by atoms with van der Waals surface area (Å²) in [6.07, 6.45) is -1.61. The van der Waals surface area contributed by atoms with Crippen molar-refractivity contribution in [2.24, 2.45) is 0 Å². The Bertz CT molecular complexity index is 1400. The fourth-order valence-electron chi connectivity index (χ4n) is 3.94. The number of fused-ring (bicyclic) bond motifs is 1. The van der Waals surface area contributed by atoms with E-state index in [1.165, 1.54) is 11.8 Å². The molecule has 3 N–H and O–H groups in total. The van der Waals surface area contributed by atoms with Gasteiger partial charge in [0.25, 0.3) is 0 Å². The number of hydrogen-bond donors (Lipinski definition) is 3. The Labute approximate surface area is 296 Å². The molecule has 2 amide bonds. The molecule has 0 radical (unpaired) electrons. The number of halogens is 3. The maximum atomic E-state index is 13.3. The monoisotopic (exact) mass is 753 g/mol. The number of thioether (sulfide) groups is 1. The number of para-hydroxylation sites is 1. The van der Waals surface area contributed by atoms with Crippen LogP contribution in [0.3, 0.4) is 0 Å². The third kappa shape index (κ3) is 16.1. The Balaban J connectivity index is 2.40. The molecule has 0 saturated heterocycles. The van der Waals surface area contributed by atoms with Gasteiger partial charge in [-0.1, -0.05) is 72.6 Å². The van der Waals surface area contributed by atoms with Crippen molar-refractivity contribution in [3.63, 3.8) is 0 Å². The first-order chi connectivity index (χ1) is 21.4. The molecule has 2 aromatic rings. The highest BCUT2D eigenvalue weighted by Gasteiger charge is 2.32. The van der Waals surface area contributed by atoms with Gasteiger partial charge in [-0.15, -0.1) is 11.8 Å². The Morgan fingerprint density at radius 2 is 1.45 bits per heavy atom. The molecule has 16 heteroatoms. The number of aromatic nitrogens is 1. The molecular formula is C31H46Cl3N3O8SSi. The minimum absolute atomic E-state index is 0.0369. The third-order valence-electron chi connectivity index (χ3n) is 6.00. The average molecular weight is 755 g/mol. The van der Waals surface area contributed by atoms with Gasteiger partial charge in [0.1, 0.15) is 29.9 Å². The molecule has 0 aliphatic rings. The second-order valence-electron chi connectivity index (χ2n) is 14.1. The number of esters is 2. The van der Waals surface area contributed by atoms with Gasteiger partial charge in [0, 0.05) is 31.2 Å². The second kappa shape index (κ2) is 16.9. The van der Waals surface area contributed by atoms with Gasteiger partial charge in [0.05, 0.1) is 11.6 Å². The van der Waals surface area contributed by atoms with Gasteiger partial charge < -0.3 is 34.6 Å². The van der Waals surface area contributed by atoms with Gasteiger partial charge in [0.15, 0.2) is 0 Å². The molecule has 0 spiro atoms. The van der Waals surface area contributed by atoms with Crippen LogP contribution in [0, 0.1) is 0 Å². The van der Waals surface area contributed by atoms with Crippen LogP contribution in [0.4, 0.5) is 9.59 Å². The van der Waals surface area contributed by atoms with Crippen molar-refractivity contribution in [2.45, 2.75) is 106 Å². The molecule has 11 nitrogen and oxygen atoms in total. The van der Waals surface area contributed by atoms with E-state index in [-0.39, 0.29) is 18.8 Å². The summed E-state index contributed by atoms with van der Waals surface area (Å²) in [6, 6.07) is 5.80. The van der Waals surface area contributed by atoms with Crippen LogP contribution in [0.2, 0.25) is 25.7 Å². The van der Waals surface area contributed by atoms with Crippen LogP contribution >= 0.6 is 46.6 Å². The standard InChI is InChI=1S/C31H46Cl3N3O8SSi/c1-29(2,3)44-26(39)23(37-28(41)45-30(4,5)6)17-46-24-20(19-12-10-11-13-21(19)35-24)16-22(25(38)43-18-31(32,33)34)36-27(40)42-14-15-47(7,8)9/h10-13,22-23,35H,14-18H2,1-9H3,(H,36,40)(H,37,41)/t22-,23-/m0/s1. The van der Waals surface area contributed by atoms with Crippen molar-refractivity contribution < 1.29 is 38.1 Å². The van der Waals surface area contributed by atoms with Crippen LogP contribution in [0.15, 0.2) is 29.3 Å². The number of benzene rings is 1. The summed E-state index contributed by atoms with van der Waals surface area (Å²) in [5.74, 6) is -1.44. The number of nitrogens with one attached hydrogen (secondary N) is 3. The summed E-state index contributed by atoms with van der Waals surface area (Å²) in [5, 5.41) is 6.56. The number of ether oxygens (including phenoxy) is 4. The summed E-state index contributed by atoms with van der Waals surface area (Å²) < 4.78 is 19.7. The zero-order valence-corrected chi connectivity index (χ0v) is 32.4. The van der Waals surface area contributed by atoms with Crippen molar-refractivity contribution >= 4 is 89.7 Å². The number of hydrogen-bond acceptors (Lipinski definition) is 9. The third-order valence-corrected chi connectivity index (χ3v) is 9.17. The normalized spacial score (nSPS) is 13.8. The summed E-state index contributed by atoms with van der Waals surface area (Å²) in [7, 11) is -1.49. The Morgan fingerprint density at radius 3 is 2.02 bits per heavy atom. The van der Waals surface area contributed by atoms with E-state index in [1.807, 2.05) is 24.3 Å². The lowest BCUT2D eigenvalue weighted by atomic mass is 10.1. The van der Waals surface area contributed by atoms with E-state index < -0.39 is 65.9 Å². The molecule has 0 aliphatic carbocycles. The summed E-state index contributed by atoms with van der Waals surface area (Å²) in [5.41, 5.74) is -0.214. The molecule has 1 aromatic heterocycles. The molecular weight excluding hydrogens is 709 g/mol. The zero-order chi connectivity index (χ0) is 35.8. The van der Waals surface area contributed by atoms with Gasteiger partial charge in [0.2, 0.25) is 3.79 Å². The molecule has 0 saturated carbocycles. The van der Waals surface area contributed by atoms with Gasteiger partial charge >= 0.3 is 24.1 Å². The van der Waals surface area contributed by atoms with E-state index in [9.17, 15) is 19.2 Å². The molecule has 47 heavy (non-hydrogen) atoms. The van der Waals surface area contributed by atoms with Gasteiger partial charge in [-0.05, 0) is 59.2 Å². The maximum absolute atomic E-state index is 13.3. The van der Waals surface area contributed by atoms with Gasteiger partial charge in [-0.3, -0.25) is 0 Å². The number of carbonyl (C=O) groups is 4. The number of carbonyl (C=O) groups excluding carboxylic acids is 4. The predicted octanol–water partition coefficient (Wildman–Crippen LogP) is 7.38. The quantitative estimate of drug-likeness (QED) is 0.0627. The van der Waals surface area contributed by atoms with E-state index in [2.05, 4.69) is 35.3 Å². The van der Waals surface area contributed by atoms with E-state index in [0.29, 0.717) is 10.6 Å². The lowest BCUT2D eigenvalue weighted by Crippen LogP contribution is -2.47. The topological polar surface area (TPSA) is 145 Å². The second-order valence-corrected chi connectivity index (χ2v) is 23.3. The first kappa shape index (κ1) is 40.9. The first-order valence-electron chi connectivity index (χ1n) is 15.0. The summed E-state index contributed by atoms with van der Waals surface area (Å²) in [4.78, 5) is 55.2. The van der Waals surface area contributed by atoms with Crippen LogP contribution in [-0.4, -0.2) is 83.2 Å². The minimum Gasteiger partial charge on any atom is -0.460 e. The van der Waals surface area contributed by atoms with E-state index in [0.717, 1.165) is 16.9 Å². The summed E-state index contributed by atoms with van der Waals surface area (Å²) in [6.45, 7) is 16.4. The molecule has 0 aliphatic heterocycles. The highest BCUT2D eigenvalue weighted by molar-refractivity contribution is 7.99. The Kier molecular flexibility index (Phi) is 14.7. The Morgan fingerprint density at radius 1 is 0.851 bits per heavy atom. The van der Waals surface area contributed by atoms with Crippen molar-refractivity contribution in [2.75, 3.05) is 19.0 Å². The van der Waals surface area contributed by atoms with E-state index in [4.69, 9.17) is 53.8 Å². The van der Waals surface area contributed by atoms with E-state index >= 15 is 0 Å². The van der Waals surface area contributed by atoms with Crippen molar-refractivity contribution in [1.82, 2.24) is 15.6 Å². The SMILES string of the molecule is CC(C)(C)OC(=O)N[C@@H](CSc1[nH]c2ccccc2c1C[C@H](NC(=O)OCC[Si](C)(C)C)C(=O)OCC(Cl)(Cl)Cl)C(=O)OC(C)(C)C. The number of rotatable bonds is 13. The van der Waals surface area contributed by atoms with Crippen LogP contribution < -0.4 is 10.6 Å². The zero-order valence-electron chi connectivity index (χ0n) is 28.3. The van der Waals surface area contributed by atoms with Crippen molar-refractivity contribution in [1.29, 1.82) is 0 Å². The fourth-order valence-corrected chi connectivity index (χ4v) is 5.92. The first-order valence-corrected chi connectivity index (χ1v) is 20.9. The Hall–Kier alpha value is -2.32. The van der Waals surface area contributed by atoms with Crippen molar-refractivity contribution in [3.05, 3.63) is 29.8 Å². The molecule has 0 bridgehead atoms.